The Morgan fingerprint density at radius 2 is 2.25 bits per heavy atom. The second-order valence-corrected chi connectivity index (χ2v) is 6.80. The number of H-pyrrole nitrogens is 1. The maximum atomic E-state index is 6.05. The molecule has 122 valence electrons. The fourth-order valence-corrected chi connectivity index (χ4v) is 3.05. The lowest BCUT2D eigenvalue weighted by molar-refractivity contribution is 0.500. The first-order chi connectivity index (χ1) is 11.6. The number of rotatable bonds is 4. The summed E-state index contributed by atoms with van der Waals surface area (Å²) >= 11 is 11.3. The minimum atomic E-state index is 0.406. The number of nitrogens with one attached hydrogen (secondary N) is 1. The van der Waals surface area contributed by atoms with E-state index >= 15 is 0 Å². The number of hydrogen-bond donors (Lipinski definition) is 1. The van der Waals surface area contributed by atoms with E-state index < -0.39 is 0 Å². The Morgan fingerprint density at radius 1 is 1.42 bits per heavy atom. The molecule has 1 fully saturated rings. The normalized spacial score (nSPS) is 19.9. The van der Waals surface area contributed by atoms with Crippen molar-refractivity contribution in [3.8, 4) is 11.4 Å². The van der Waals surface area contributed by atoms with Crippen LogP contribution in [0, 0.1) is 10.7 Å². The van der Waals surface area contributed by atoms with Crippen molar-refractivity contribution in [1.29, 1.82) is 0 Å². The van der Waals surface area contributed by atoms with Crippen LogP contribution in [0.25, 0.3) is 11.4 Å². The van der Waals surface area contributed by atoms with E-state index in [1.54, 1.807) is 10.9 Å². The van der Waals surface area contributed by atoms with Crippen molar-refractivity contribution < 1.29 is 4.42 Å². The molecule has 1 aliphatic rings. The Morgan fingerprint density at radius 3 is 3.00 bits per heavy atom. The van der Waals surface area contributed by atoms with Gasteiger partial charge >= 0.3 is 0 Å². The van der Waals surface area contributed by atoms with E-state index in [1.165, 1.54) is 6.42 Å². The molecule has 3 aromatic rings. The molecule has 0 radical (unpaired) electrons. The molecule has 0 amide bonds. The number of benzene rings is 1. The van der Waals surface area contributed by atoms with Gasteiger partial charge in [0.2, 0.25) is 4.77 Å². The zero-order valence-electron chi connectivity index (χ0n) is 12.9. The van der Waals surface area contributed by atoms with Crippen molar-refractivity contribution in [3.05, 3.63) is 57.7 Å². The van der Waals surface area contributed by atoms with E-state index in [2.05, 4.69) is 22.2 Å². The molecule has 1 N–H and O–H groups in total. The van der Waals surface area contributed by atoms with E-state index in [1.807, 2.05) is 36.4 Å². The molecule has 24 heavy (non-hydrogen) atoms. The Kier molecular flexibility index (Phi) is 3.86. The van der Waals surface area contributed by atoms with Crippen LogP contribution >= 0.6 is 23.8 Å². The highest BCUT2D eigenvalue weighted by Crippen LogP contribution is 2.47. The van der Waals surface area contributed by atoms with E-state index in [-0.39, 0.29) is 0 Å². The van der Waals surface area contributed by atoms with Gasteiger partial charge in [-0.15, -0.1) is 0 Å². The quantitative estimate of drug-likeness (QED) is 0.535. The third-order valence-electron chi connectivity index (χ3n) is 4.16. The molecule has 0 spiro atoms. The first-order valence-corrected chi connectivity index (χ1v) is 8.48. The molecule has 7 heteroatoms. The second-order valence-electron chi connectivity index (χ2n) is 5.98. The lowest BCUT2D eigenvalue weighted by Crippen LogP contribution is -1.94. The molecule has 1 aromatic carbocycles. The SMILES string of the molecule is C[C@@H]1C[C@@H]1c1ccc(/C=N\n2c(-c3cccc(Cl)c3)n[nH]c2=S)o1. The van der Waals surface area contributed by atoms with Crippen molar-refractivity contribution in [2.45, 2.75) is 19.3 Å². The lowest BCUT2D eigenvalue weighted by Gasteiger charge is -2.01. The number of aromatic nitrogens is 3. The van der Waals surface area contributed by atoms with Gasteiger partial charge in [0.25, 0.3) is 0 Å². The Hall–Kier alpha value is -2.18. The molecule has 2 heterocycles. The Labute approximate surface area is 149 Å². The topological polar surface area (TPSA) is 59.1 Å². The third kappa shape index (κ3) is 2.95. The third-order valence-corrected chi connectivity index (χ3v) is 4.66. The van der Waals surface area contributed by atoms with E-state index in [9.17, 15) is 0 Å². The summed E-state index contributed by atoms with van der Waals surface area (Å²) in [6.07, 6.45) is 2.84. The predicted molar refractivity (Wildman–Crippen MR) is 96.1 cm³/mol. The van der Waals surface area contributed by atoms with E-state index in [0.29, 0.717) is 33.2 Å². The zero-order valence-corrected chi connectivity index (χ0v) is 14.5. The monoisotopic (exact) mass is 358 g/mol. The molecule has 4 rings (SSSR count). The minimum absolute atomic E-state index is 0.406. The average molecular weight is 359 g/mol. The predicted octanol–water partition coefficient (Wildman–Crippen LogP) is 4.86. The van der Waals surface area contributed by atoms with Crippen molar-refractivity contribution in [2.75, 3.05) is 0 Å². The molecular formula is C17H15ClN4OS. The zero-order chi connectivity index (χ0) is 16.7. The van der Waals surface area contributed by atoms with Crippen LogP contribution in [0.3, 0.4) is 0 Å². The van der Waals surface area contributed by atoms with Gasteiger partial charge in [-0.1, -0.05) is 30.7 Å². The molecule has 0 saturated heterocycles. The van der Waals surface area contributed by atoms with Crippen LogP contribution in [0.1, 0.15) is 30.8 Å². The van der Waals surface area contributed by atoms with E-state index in [4.69, 9.17) is 28.2 Å². The number of halogens is 1. The van der Waals surface area contributed by atoms with Gasteiger partial charge in [-0.05, 0) is 48.8 Å². The molecule has 1 aliphatic carbocycles. The van der Waals surface area contributed by atoms with Crippen molar-refractivity contribution in [2.24, 2.45) is 11.0 Å². The van der Waals surface area contributed by atoms with Crippen LogP contribution in [-0.4, -0.2) is 21.1 Å². The molecule has 5 nitrogen and oxygen atoms in total. The van der Waals surface area contributed by atoms with Gasteiger partial charge in [0.15, 0.2) is 5.82 Å². The fraction of sp³-hybridized carbons (Fsp3) is 0.235. The smallest absolute Gasteiger partial charge is 0.216 e. The molecule has 0 bridgehead atoms. The average Bonchev–Trinajstić information content (AvgIpc) is 2.97. The second kappa shape index (κ2) is 6.03. The summed E-state index contributed by atoms with van der Waals surface area (Å²) < 4.78 is 7.80. The molecular weight excluding hydrogens is 344 g/mol. The number of nitrogens with zero attached hydrogens (tertiary/aromatic N) is 3. The van der Waals surface area contributed by atoms with Crippen molar-refractivity contribution >= 4 is 30.0 Å². The summed E-state index contributed by atoms with van der Waals surface area (Å²) in [6.45, 7) is 2.23. The number of aromatic amines is 1. The molecule has 0 unspecified atom stereocenters. The molecule has 2 aromatic heterocycles. The summed E-state index contributed by atoms with van der Waals surface area (Å²) in [7, 11) is 0. The van der Waals surface area contributed by atoms with Crippen LogP contribution in [-0.2, 0) is 0 Å². The van der Waals surface area contributed by atoms with Gasteiger partial charge in [-0.2, -0.15) is 14.9 Å². The highest BCUT2D eigenvalue weighted by molar-refractivity contribution is 7.71. The van der Waals surface area contributed by atoms with Gasteiger partial charge in [-0.25, -0.2) is 5.10 Å². The highest BCUT2D eigenvalue weighted by atomic mass is 35.5. The van der Waals surface area contributed by atoms with Crippen LogP contribution in [0.2, 0.25) is 5.02 Å². The molecule has 2 atom stereocenters. The number of hydrogen-bond acceptors (Lipinski definition) is 4. The van der Waals surface area contributed by atoms with Gasteiger partial charge in [0.05, 0.1) is 6.21 Å². The van der Waals surface area contributed by atoms with Crippen molar-refractivity contribution in [1.82, 2.24) is 14.9 Å². The van der Waals surface area contributed by atoms with Gasteiger partial charge in [-0.3, -0.25) is 0 Å². The van der Waals surface area contributed by atoms with Crippen LogP contribution in [0.4, 0.5) is 0 Å². The maximum Gasteiger partial charge on any atom is 0.216 e. The minimum Gasteiger partial charge on any atom is -0.460 e. The fourth-order valence-electron chi connectivity index (χ4n) is 2.68. The molecule has 0 aliphatic heterocycles. The van der Waals surface area contributed by atoms with Crippen LogP contribution in [0.5, 0.6) is 0 Å². The summed E-state index contributed by atoms with van der Waals surface area (Å²) in [5.74, 6) is 3.57. The summed E-state index contributed by atoms with van der Waals surface area (Å²) in [5.41, 5.74) is 0.832. The Balaban J connectivity index is 1.64. The first kappa shape index (κ1) is 15.4. The maximum absolute atomic E-state index is 6.05. The largest absolute Gasteiger partial charge is 0.460 e. The van der Waals surface area contributed by atoms with E-state index in [0.717, 1.165) is 11.3 Å². The van der Waals surface area contributed by atoms with Crippen LogP contribution in [0.15, 0.2) is 45.9 Å². The van der Waals surface area contributed by atoms with Gasteiger partial charge in [0.1, 0.15) is 11.5 Å². The number of furan rings is 1. The summed E-state index contributed by atoms with van der Waals surface area (Å²) in [5, 5.41) is 12.0. The summed E-state index contributed by atoms with van der Waals surface area (Å²) in [6, 6.07) is 11.3. The first-order valence-electron chi connectivity index (χ1n) is 7.69. The van der Waals surface area contributed by atoms with Crippen molar-refractivity contribution in [3.63, 3.8) is 0 Å². The highest BCUT2D eigenvalue weighted by Gasteiger charge is 2.36. The Bertz CT molecular complexity index is 971. The standard InChI is InChI=1S/C17H15ClN4OS/c1-10-7-14(10)15-6-5-13(23-15)9-19-22-16(20-21-17(22)24)11-3-2-4-12(18)8-11/h2-6,8-10,14H,7H2,1H3,(H,21,24)/b19-9-/t10-,14+/m1/s1. The summed E-state index contributed by atoms with van der Waals surface area (Å²) in [4.78, 5) is 0. The van der Waals surface area contributed by atoms with Gasteiger partial charge < -0.3 is 4.42 Å². The lowest BCUT2D eigenvalue weighted by atomic mass is 10.2. The van der Waals surface area contributed by atoms with Gasteiger partial charge in [0, 0.05) is 16.5 Å². The van der Waals surface area contributed by atoms with Crippen LogP contribution < -0.4 is 0 Å². The molecule has 1 saturated carbocycles.